The van der Waals surface area contributed by atoms with Crippen LogP contribution in [-0.4, -0.2) is 61.0 Å². The molecular weight excluding hydrogens is 361 g/mol. The second-order valence-electron chi connectivity index (χ2n) is 6.98. The predicted molar refractivity (Wildman–Crippen MR) is 94.1 cm³/mol. The van der Waals surface area contributed by atoms with Crippen LogP contribution in [0.25, 0.3) is 0 Å². The SMILES string of the molecule is NC(=O)N1CCC[C@H](C(=O)N2CCN(c3cccc(C(F)(F)F)c3)CC2)C1. The fourth-order valence-corrected chi connectivity index (χ4v) is 3.70. The molecule has 2 aliphatic rings. The number of nitrogens with two attached hydrogens (primary N) is 1. The van der Waals surface area contributed by atoms with Gasteiger partial charge in [-0.05, 0) is 31.0 Å². The van der Waals surface area contributed by atoms with Gasteiger partial charge in [-0.15, -0.1) is 0 Å². The molecule has 6 nitrogen and oxygen atoms in total. The summed E-state index contributed by atoms with van der Waals surface area (Å²) in [5.74, 6) is -0.268. The van der Waals surface area contributed by atoms with E-state index in [9.17, 15) is 22.8 Å². The molecule has 0 saturated carbocycles. The monoisotopic (exact) mass is 384 g/mol. The van der Waals surface area contributed by atoms with Crippen LogP contribution in [0.3, 0.4) is 0 Å². The first-order valence-corrected chi connectivity index (χ1v) is 9.01. The Morgan fingerprint density at radius 1 is 1.04 bits per heavy atom. The number of anilines is 1. The Morgan fingerprint density at radius 2 is 1.74 bits per heavy atom. The minimum absolute atomic E-state index is 0.00959. The summed E-state index contributed by atoms with van der Waals surface area (Å²) in [6.45, 7) is 2.74. The Morgan fingerprint density at radius 3 is 2.37 bits per heavy atom. The van der Waals surface area contributed by atoms with Crippen molar-refractivity contribution in [2.45, 2.75) is 19.0 Å². The molecule has 0 aromatic heterocycles. The van der Waals surface area contributed by atoms with Gasteiger partial charge in [-0.25, -0.2) is 4.79 Å². The van der Waals surface area contributed by atoms with Crippen molar-refractivity contribution in [2.24, 2.45) is 11.7 Å². The predicted octanol–water partition coefficient (Wildman–Crippen LogP) is 2.14. The second kappa shape index (κ2) is 7.66. The molecule has 2 saturated heterocycles. The van der Waals surface area contributed by atoms with E-state index in [1.165, 1.54) is 11.0 Å². The van der Waals surface area contributed by atoms with E-state index in [2.05, 4.69) is 0 Å². The van der Waals surface area contributed by atoms with Crippen LogP contribution >= 0.6 is 0 Å². The number of rotatable bonds is 2. The highest BCUT2D eigenvalue weighted by molar-refractivity contribution is 5.81. The van der Waals surface area contributed by atoms with Gasteiger partial charge in [-0.2, -0.15) is 13.2 Å². The lowest BCUT2D eigenvalue weighted by Gasteiger charge is -2.39. The normalized spacial score (nSPS) is 21.3. The molecule has 0 spiro atoms. The number of carbonyl (C=O) groups excluding carboxylic acids is 2. The molecule has 2 aliphatic heterocycles. The molecule has 9 heteroatoms. The molecule has 2 N–H and O–H groups in total. The number of urea groups is 1. The van der Waals surface area contributed by atoms with Crippen LogP contribution in [0.1, 0.15) is 18.4 Å². The van der Waals surface area contributed by atoms with Crippen LogP contribution in [0.4, 0.5) is 23.7 Å². The van der Waals surface area contributed by atoms with Crippen LogP contribution in [-0.2, 0) is 11.0 Å². The summed E-state index contributed by atoms with van der Waals surface area (Å²) < 4.78 is 38.7. The highest BCUT2D eigenvalue weighted by atomic mass is 19.4. The van der Waals surface area contributed by atoms with E-state index in [0.717, 1.165) is 25.0 Å². The Labute approximate surface area is 155 Å². The third-order valence-electron chi connectivity index (χ3n) is 5.21. The molecule has 3 amide bonds. The van der Waals surface area contributed by atoms with E-state index in [1.807, 2.05) is 4.90 Å². The van der Waals surface area contributed by atoms with Crippen LogP contribution in [0.5, 0.6) is 0 Å². The molecule has 2 fully saturated rings. The lowest BCUT2D eigenvalue weighted by atomic mass is 9.96. The van der Waals surface area contributed by atoms with E-state index in [-0.39, 0.29) is 11.8 Å². The quantitative estimate of drug-likeness (QED) is 0.849. The number of primary amides is 1. The van der Waals surface area contributed by atoms with Crippen molar-refractivity contribution in [3.63, 3.8) is 0 Å². The standard InChI is InChI=1S/C18H23F3N4O2/c19-18(20,21)14-4-1-5-15(11-14)23-7-9-24(10-8-23)16(26)13-3-2-6-25(12-13)17(22)27/h1,4-5,11,13H,2-3,6-10,12H2,(H2,22,27)/t13-/m0/s1. The Balaban J connectivity index is 1.59. The fourth-order valence-electron chi connectivity index (χ4n) is 3.70. The number of piperazine rings is 1. The molecule has 0 bridgehead atoms. The molecule has 0 unspecified atom stereocenters. The highest BCUT2D eigenvalue weighted by Crippen LogP contribution is 2.32. The molecule has 27 heavy (non-hydrogen) atoms. The number of benzene rings is 1. The summed E-state index contributed by atoms with van der Waals surface area (Å²) >= 11 is 0. The molecule has 2 heterocycles. The summed E-state index contributed by atoms with van der Waals surface area (Å²) in [4.78, 5) is 29.1. The third-order valence-corrected chi connectivity index (χ3v) is 5.21. The summed E-state index contributed by atoms with van der Waals surface area (Å²) in [6, 6.07) is 4.73. The molecule has 0 radical (unpaired) electrons. The summed E-state index contributed by atoms with van der Waals surface area (Å²) in [5, 5.41) is 0. The van der Waals surface area contributed by atoms with Gasteiger partial charge in [0.1, 0.15) is 0 Å². The first-order chi connectivity index (χ1) is 12.8. The minimum Gasteiger partial charge on any atom is -0.368 e. The lowest BCUT2D eigenvalue weighted by molar-refractivity contribution is -0.138. The maximum absolute atomic E-state index is 12.9. The number of piperidine rings is 1. The maximum atomic E-state index is 12.9. The number of nitrogens with zero attached hydrogens (tertiary/aromatic N) is 3. The Hall–Kier alpha value is -2.45. The van der Waals surface area contributed by atoms with E-state index < -0.39 is 17.8 Å². The average molecular weight is 384 g/mol. The molecule has 1 aromatic carbocycles. The number of carbonyl (C=O) groups is 2. The van der Waals surface area contributed by atoms with Crippen molar-refractivity contribution < 1.29 is 22.8 Å². The number of amides is 3. The van der Waals surface area contributed by atoms with Crippen LogP contribution in [0.2, 0.25) is 0 Å². The van der Waals surface area contributed by atoms with Crippen molar-refractivity contribution in [3.05, 3.63) is 29.8 Å². The van der Waals surface area contributed by atoms with Gasteiger partial charge in [0.15, 0.2) is 0 Å². The second-order valence-corrected chi connectivity index (χ2v) is 6.98. The van der Waals surface area contributed by atoms with Crippen LogP contribution in [0.15, 0.2) is 24.3 Å². The smallest absolute Gasteiger partial charge is 0.368 e. The van der Waals surface area contributed by atoms with Crippen molar-refractivity contribution in [3.8, 4) is 0 Å². The zero-order valence-electron chi connectivity index (χ0n) is 14.9. The lowest BCUT2D eigenvalue weighted by Crippen LogP contribution is -2.53. The first kappa shape index (κ1) is 19.3. The van der Waals surface area contributed by atoms with E-state index in [1.54, 1.807) is 11.0 Å². The Kier molecular flexibility index (Phi) is 5.48. The summed E-state index contributed by atoms with van der Waals surface area (Å²) in [5.41, 5.74) is 5.14. The zero-order chi connectivity index (χ0) is 19.6. The van der Waals surface area contributed by atoms with Gasteiger partial charge in [0.05, 0.1) is 11.5 Å². The van der Waals surface area contributed by atoms with Crippen LogP contribution in [0, 0.1) is 5.92 Å². The van der Waals surface area contributed by atoms with Gasteiger partial charge in [0.25, 0.3) is 0 Å². The maximum Gasteiger partial charge on any atom is 0.416 e. The number of hydrogen-bond acceptors (Lipinski definition) is 3. The number of alkyl halides is 3. The largest absolute Gasteiger partial charge is 0.416 e. The summed E-state index contributed by atoms with van der Waals surface area (Å²) in [7, 11) is 0. The zero-order valence-corrected chi connectivity index (χ0v) is 14.9. The van der Waals surface area contributed by atoms with Gasteiger partial charge < -0.3 is 20.4 Å². The van der Waals surface area contributed by atoms with E-state index in [0.29, 0.717) is 45.0 Å². The van der Waals surface area contributed by atoms with E-state index in [4.69, 9.17) is 5.73 Å². The molecule has 1 aromatic rings. The topological polar surface area (TPSA) is 69.9 Å². The van der Waals surface area contributed by atoms with E-state index >= 15 is 0 Å². The van der Waals surface area contributed by atoms with Gasteiger partial charge >= 0.3 is 12.2 Å². The van der Waals surface area contributed by atoms with Gasteiger partial charge in [-0.3, -0.25) is 4.79 Å². The average Bonchev–Trinajstić information content (AvgIpc) is 2.67. The number of hydrogen-bond donors (Lipinski definition) is 1. The number of halogens is 3. The van der Waals surface area contributed by atoms with Gasteiger partial charge in [0, 0.05) is 45.0 Å². The Bertz CT molecular complexity index is 702. The molecule has 148 valence electrons. The first-order valence-electron chi connectivity index (χ1n) is 9.01. The number of likely N-dealkylation sites (tertiary alicyclic amines) is 1. The van der Waals surface area contributed by atoms with Crippen molar-refractivity contribution in [2.75, 3.05) is 44.2 Å². The third kappa shape index (κ3) is 4.45. The molecule has 1 atom stereocenters. The van der Waals surface area contributed by atoms with Crippen LogP contribution < -0.4 is 10.6 Å². The fraction of sp³-hybridized carbons (Fsp3) is 0.556. The van der Waals surface area contributed by atoms with Crippen molar-refractivity contribution >= 4 is 17.6 Å². The van der Waals surface area contributed by atoms with Gasteiger partial charge in [0.2, 0.25) is 5.91 Å². The summed E-state index contributed by atoms with van der Waals surface area (Å²) in [6.07, 6.45) is -2.92. The molecule has 0 aliphatic carbocycles. The van der Waals surface area contributed by atoms with Gasteiger partial charge in [-0.1, -0.05) is 6.07 Å². The van der Waals surface area contributed by atoms with Crippen molar-refractivity contribution in [1.82, 2.24) is 9.80 Å². The highest BCUT2D eigenvalue weighted by Gasteiger charge is 2.33. The molecular formula is C18H23F3N4O2. The molecule has 3 rings (SSSR count). The minimum atomic E-state index is -4.37. The van der Waals surface area contributed by atoms with Crippen molar-refractivity contribution in [1.29, 1.82) is 0 Å².